The first kappa shape index (κ1) is 23.7. The zero-order valence-corrected chi connectivity index (χ0v) is 18.5. The first-order valence-corrected chi connectivity index (χ1v) is 10.8. The molecule has 1 aromatic heterocycles. The molecule has 0 aliphatic heterocycles. The van der Waals surface area contributed by atoms with Crippen molar-refractivity contribution in [2.24, 2.45) is 0 Å². The standard InChI is InChI=1S/C26H21F3N4O2/c27-19-8-6-17(7-9-19)25-18(16-33(32-25)21-4-2-1-3-5-21)15-31-24(34)12-13-30-26(35)22-11-10-20(28)14-23(22)29/h1-11,14,16H,12-13,15H2,(H,30,35)(H,31,34). The van der Waals surface area contributed by atoms with Crippen LogP contribution in [-0.4, -0.2) is 28.1 Å². The van der Waals surface area contributed by atoms with E-state index in [0.717, 1.165) is 17.8 Å². The summed E-state index contributed by atoms with van der Waals surface area (Å²) in [7, 11) is 0. The second-order valence-corrected chi connectivity index (χ2v) is 7.70. The number of nitrogens with zero attached hydrogens (tertiary/aromatic N) is 2. The highest BCUT2D eigenvalue weighted by Gasteiger charge is 2.15. The molecule has 0 bridgehead atoms. The van der Waals surface area contributed by atoms with E-state index in [1.165, 1.54) is 12.1 Å². The molecule has 2 amide bonds. The lowest BCUT2D eigenvalue weighted by atomic mass is 10.1. The molecule has 0 aliphatic rings. The van der Waals surface area contributed by atoms with Gasteiger partial charge in [-0.2, -0.15) is 5.10 Å². The smallest absolute Gasteiger partial charge is 0.254 e. The Hall–Kier alpha value is -4.40. The van der Waals surface area contributed by atoms with Crippen LogP contribution in [0, 0.1) is 17.5 Å². The van der Waals surface area contributed by atoms with Gasteiger partial charge < -0.3 is 10.6 Å². The number of amides is 2. The molecule has 0 fully saturated rings. The molecule has 0 spiro atoms. The van der Waals surface area contributed by atoms with E-state index in [9.17, 15) is 22.8 Å². The summed E-state index contributed by atoms with van der Waals surface area (Å²) in [5, 5.41) is 9.83. The maximum absolute atomic E-state index is 13.7. The quantitative estimate of drug-likeness (QED) is 0.394. The van der Waals surface area contributed by atoms with Crippen molar-refractivity contribution < 1.29 is 22.8 Å². The van der Waals surface area contributed by atoms with Gasteiger partial charge in [0.1, 0.15) is 17.5 Å². The fourth-order valence-electron chi connectivity index (χ4n) is 3.44. The zero-order valence-electron chi connectivity index (χ0n) is 18.5. The normalized spacial score (nSPS) is 10.7. The maximum Gasteiger partial charge on any atom is 0.254 e. The summed E-state index contributed by atoms with van der Waals surface area (Å²) in [5.74, 6) is -3.21. The number of hydrogen-bond acceptors (Lipinski definition) is 3. The molecule has 9 heteroatoms. The lowest BCUT2D eigenvalue weighted by Crippen LogP contribution is -2.31. The number of hydrogen-bond donors (Lipinski definition) is 2. The second kappa shape index (κ2) is 10.7. The monoisotopic (exact) mass is 478 g/mol. The van der Waals surface area contributed by atoms with Crippen LogP contribution >= 0.6 is 0 Å². The van der Waals surface area contributed by atoms with Crippen molar-refractivity contribution in [3.63, 3.8) is 0 Å². The number of nitrogens with one attached hydrogen (secondary N) is 2. The number of rotatable bonds is 8. The Morgan fingerprint density at radius 2 is 1.57 bits per heavy atom. The van der Waals surface area contributed by atoms with Crippen LogP contribution in [-0.2, 0) is 11.3 Å². The number of para-hydroxylation sites is 1. The SMILES string of the molecule is O=C(CCNC(=O)c1ccc(F)cc1F)NCc1cn(-c2ccccc2)nc1-c1ccc(F)cc1. The summed E-state index contributed by atoms with van der Waals surface area (Å²) in [6.45, 7) is 0.120. The number of carbonyl (C=O) groups excluding carboxylic acids is 2. The van der Waals surface area contributed by atoms with Crippen LogP contribution in [0.3, 0.4) is 0 Å². The third-order valence-corrected chi connectivity index (χ3v) is 5.22. The van der Waals surface area contributed by atoms with Gasteiger partial charge in [0.2, 0.25) is 5.91 Å². The molecule has 0 saturated heterocycles. The van der Waals surface area contributed by atoms with E-state index in [1.54, 1.807) is 23.0 Å². The van der Waals surface area contributed by atoms with E-state index < -0.39 is 17.5 Å². The van der Waals surface area contributed by atoms with Crippen molar-refractivity contribution in [2.45, 2.75) is 13.0 Å². The molecule has 6 nitrogen and oxygen atoms in total. The molecule has 4 rings (SSSR count). The molecule has 35 heavy (non-hydrogen) atoms. The van der Waals surface area contributed by atoms with Crippen LogP contribution in [0.1, 0.15) is 22.3 Å². The largest absolute Gasteiger partial charge is 0.352 e. The predicted molar refractivity (Wildman–Crippen MR) is 124 cm³/mol. The molecule has 4 aromatic rings. The molecule has 0 radical (unpaired) electrons. The van der Waals surface area contributed by atoms with Gasteiger partial charge in [0.15, 0.2) is 0 Å². The molecule has 3 aromatic carbocycles. The van der Waals surface area contributed by atoms with Crippen LogP contribution in [0.15, 0.2) is 79.0 Å². The van der Waals surface area contributed by atoms with Gasteiger partial charge in [-0.1, -0.05) is 18.2 Å². The summed E-state index contributed by atoms with van der Waals surface area (Å²) >= 11 is 0. The highest BCUT2D eigenvalue weighted by molar-refractivity contribution is 5.94. The Kier molecular flexibility index (Phi) is 7.25. The number of halogens is 3. The van der Waals surface area contributed by atoms with Crippen molar-refractivity contribution in [2.75, 3.05) is 6.54 Å². The van der Waals surface area contributed by atoms with E-state index in [4.69, 9.17) is 0 Å². The molecular weight excluding hydrogens is 457 g/mol. The number of carbonyl (C=O) groups is 2. The predicted octanol–water partition coefficient (Wildman–Crippen LogP) is 4.39. The Morgan fingerprint density at radius 3 is 2.29 bits per heavy atom. The molecule has 0 saturated carbocycles. The Balaban J connectivity index is 1.40. The molecule has 178 valence electrons. The fraction of sp³-hybridized carbons (Fsp3) is 0.115. The first-order chi connectivity index (χ1) is 16.9. The Morgan fingerprint density at radius 1 is 0.857 bits per heavy atom. The van der Waals surface area contributed by atoms with Crippen LogP contribution in [0.5, 0.6) is 0 Å². The van der Waals surface area contributed by atoms with Gasteiger partial charge in [0.25, 0.3) is 5.91 Å². The van der Waals surface area contributed by atoms with Crippen molar-refractivity contribution >= 4 is 11.8 Å². The summed E-state index contributed by atoms with van der Waals surface area (Å²) in [6.07, 6.45) is 1.74. The van der Waals surface area contributed by atoms with Crippen LogP contribution in [0.2, 0.25) is 0 Å². The molecular formula is C26H21F3N4O2. The van der Waals surface area contributed by atoms with E-state index in [0.29, 0.717) is 22.9 Å². The number of aromatic nitrogens is 2. The van der Waals surface area contributed by atoms with Gasteiger partial charge in [-0.05, 0) is 48.5 Å². The number of benzene rings is 3. The molecule has 0 aliphatic carbocycles. The van der Waals surface area contributed by atoms with Gasteiger partial charge in [0.05, 0.1) is 16.9 Å². The average Bonchev–Trinajstić information content (AvgIpc) is 3.28. The fourth-order valence-corrected chi connectivity index (χ4v) is 3.44. The molecule has 0 unspecified atom stereocenters. The average molecular weight is 478 g/mol. The Bertz CT molecular complexity index is 1340. The van der Waals surface area contributed by atoms with Crippen molar-refractivity contribution in [1.82, 2.24) is 20.4 Å². The van der Waals surface area contributed by atoms with Gasteiger partial charge >= 0.3 is 0 Å². The first-order valence-electron chi connectivity index (χ1n) is 10.8. The molecule has 1 heterocycles. The van der Waals surface area contributed by atoms with Gasteiger partial charge in [-0.15, -0.1) is 0 Å². The van der Waals surface area contributed by atoms with Gasteiger partial charge in [0, 0.05) is 42.9 Å². The minimum atomic E-state index is -0.976. The van der Waals surface area contributed by atoms with Crippen molar-refractivity contribution in [1.29, 1.82) is 0 Å². The molecule has 2 N–H and O–H groups in total. The van der Waals surface area contributed by atoms with Crippen LogP contribution in [0.4, 0.5) is 13.2 Å². The minimum Gasteiger partial charge on any atom is -0.352 e. The third-order valence-electron chi connectivity index (χ3n) is 5.22. The summed E-state index contributed by atoms with van der Waals surface area (Å²) in [4.78, 5) is 24.4. The lowest BCUT2D eigenvalue weighted by molar-refractivity contribution is -0.121. The third kappa shape index (κ3) is 5.94. The lowest BCUT2D eigenvalue weighted by Gasteiger charge is -2.08. The van der Waals surface area contributed by atoms with E-state index in [2.05, 4.69) is 15.7 Å². The zero-order chi connectivity index (χ0) is 24.8. The molecule has 0 atom stereocenters. The minimum absolute atomic E-state index is 0.0322. The summed E-state index contributed by atoms with van der Waals surface area (Å²) < 4.78 is 41.8. The topological polar surface area (TPSA) is 76.0 Å². The van der Waals surface area contributed by atoms with Crippen molar-refractivity contribution in [3.8, 4) is 16.9 Å². The van der Waals surface area contributed by atoms with E-state index in [1.807, 2.05) is 30.3 Å². The van der Waals surface area contributed by atoms with Gasteiger partial charge in [-0.3, -0.25) is 9.59 Å². The summed E-state index contributed by atoms with van der Waals surface area (Å²) in [6, 6.07) is 18.0. The maximum atomic E-state index is 13.7. The van der Waals surface area contributed by atoms with E-state index >= 15 is 0 Å². The van der Waals surface area contributed by atoms with Gasteiger partial charge in [-0.25, -0.2) is 17.9 Å². The van der Waals surface area contributed by atoms with E-state index in [-0.39, 0.29) is 36.8 Å². The van der Waals surface area contributed by atoms with Crippen molar-refractivity contribution in [3.05, 3.63) is 108 Å². The summed E-state index contributed by atoms with van der Waals surface area (Å²) in [5.41, 5.74) is 2.52. The second-order valence-electron chi connectivity index (χ2n) is 7.70. The highest BCUT2D eigenvalue weighted by Crippen LogP contribution is 2.24. The van der Waals surface area contributed by atoms with Crippen LogP contribution in [0.25, 0.3) is 16.9 Å². The van der Waals surface area contributed by atoms with Crippen LogP contribution < -0.4 is 10.6 Å². The Labute approximate surface area is 199 Å². The highest BCUT2D eigenvalue weighted by atomic mass is 19.1.